The third kappa shape index (κ3) is 3.63. The molecule has 3 atom stereocenters. The summed E-state index contributed by atoms with van der Waals surface area (Å²) in [5.41, 5.74) is 1.03. The van der Waals surface area contributed by atoms with Gasteiger partial charge in [0, 0.05) is 24.0 Å². The Morgan fingerprint density at radius 1 is 1.30 bits per heavy atom. The van der Waals surface area contributed by atoms with Gasteiger partial charge in [-0.15, -0.1) is 0 Å². The van der Waals surface area contributed by atoms with Gasteiger partial charge >= 0.3 is 0 Å². The number of amides is 1. The summed E-state index contributed by atoms with van der Waals surface area (Å²) in [6.07, 6.45) is 8.32. The maximum atomic E-state index is 12.6. The number of carbonyl (C=O) groups excluding carboxylic acids is 1. The minimum absolute atomic E-state index is 0.0827. The summed E-state index contributed by atoms with van der Waals surface area (Å²) in [7, 11) is 0. The van der Waals surface area contributed by atoms with E-state index < -0.39 is 0 Å². The molecule has 2 aromatic rings. The van der Waals surface area contributed by atoms with Crippen LogP contribution in [0.4, 0.5) is 0 Å². The van der Waals surface area contributed by atoms with E-state index in [9.17, 15) is 4.79 Å². The topological polar surface area (TPSA) is 46.9 Å². The number of benzene rings is 1. The van der Waals surface area contributed by atoms with Crippen molar-refractivity contribution in [1.29, 1.82) is 0 Å². The first-order valence-corrected chi connectivity index (χ1v) is 8.53. The molecule has 1 aliphatic rings. The summed E-state index contributed by atoms with van der Waals surface area (Å²) >= 11 is 0. The zero-order chi connectivity index (χ0) is 16.2. The summed E-state index contributed by atoms with van der Waals surface area (Å²) in [4.78, 5) is 17.1. The van der Waals surface area contributed by atoms with Crippen LogP contribution >= 0.6 is 0 Å². The van der Waals surface area contributed by atoms with Crippen LogP contribution in [-0.4, -0.2) is 21.5 Å². The lowest BCUT2D eigenvalue weighted by atomic mass is 9.87. The van der Waals surface area contributed by atoms with Crippen LogP contribution in [0.5, 0.6) is 0 Å². The summed E-state index contributed by atoms with van der Waals surface area (Å²) in [5.74, 6) is 1.63. The molecule has 1 aromatic heterocycles. The Morgan fingerprint density at radius 3 is 2.83 bits per heavy atom. The molecular weight excluding hydrogens is 286 g/mol. The van der Waals surface area contributed by atoms with Crippen LogP contribution in [0.1, 0.15) is 45.6 Å². The second kappa shape index (κ2) is 6.99. The molecule has 0 spiro atoms. The van der Waals surface area contributed by atoms with Crippen LogP contribution in [0.3, 0.4) is 0 Å². The number of aromatic nitrogens is 2. The number of hydrogen-bond acceptors (Lipinski definition) is 2. The highest BCUT2D eigenvalue weighted by molar-refractivity contribution is 5.81. The summed E-state index contributed by atoms with van der Waals surface area (Å²) in [5, 5.41) is 3.23. The van der Waals surface area contributed by atoms with Crippen LogP contribution < -0.4 is 5.32 Å². The van der Waals surface area contributed by atoms with Gasteiger partial charge in [0.15, 0.2) is 0 Å². The van der Waals surface area contributed by atoms with E-state index in [1.54, 1.807) is 6.20 Å². The van der Waals surface area contributed by atoms with Gasteiger partial charge in [0.2, 0.25) is 5.91 Å². The molecule has 1 amide bonds. The Morgan fingerprint density at radius 2 is 2.09 bits per heavy atom. The average Bonchev–Trinajstić information content (AvgIpc) is 3.04. The van der Waals surface area contributed by atoms with Gasteiger partial charge in [-0.1, -0.05) is 50.1 Å². The highest BCUT2D eigenvalue weighted by Gasteiger charge is 2.24. The van der Waals surface area contributed by atoms with Crippen molar-refractivity contribution < 1.29 is 4.79 Å². The molecular formula is C19H25N3O. The van der Waals surface area contributed by atoms with Crippen molar-refractivity contribution >= 4 is 5.91 Å². The molecule has 1 N–H and O–H groups in total. The number of imidazole rings is 1. The molecule has 122 valence electrons. The second-order valence-corrected chi connectivity index (χ2v) is 6.68. The van der Waals surface area contributed by atoms with Crippen molar-refractivity contribution in [2.75, 3.05) is 0 Å². The van der Waals surface area contributed by atoms with E-state index in [1.165, 1.54) is 12.8 Å². The molecule has 1 aromatic carbocycles. The van der Waals surface area contributed by atoms with Crippen molar-refractivity contribution in [2.45, 2.75) is 51.6 Å². The fourth-order valence-corrected chi connectivity index (χ4v) is 3.45. The first-order valence-electron chi connectivity index (χ1n) is 8.53. The predicted molar refractivity (Wildman–Crippen MR) is 91.9 cm³/mol. The number of hydrogen-bond donors (Lipinski definition) is 1. The predicted octanol–water partition coefficient (Wildman–Crippen LogP) is 3.81. The molecule has 1 aliphatic carbocycles. The van der Waals surface area contributed by atoms with E-state index in [4.69, 9.17) is 0 Å². The standard InChI is InChI=1S/C19H25N3O/c1-14-7-6-10-17(13-14)21-19(23)15(2)22-12-11-20-18(22)16-8-4-3-5-9-16/h3-5,8-9,11-12,14-15,17H,6-7,10,13H2,1-2H3,(H,21,23)/t14-,15-,17-/m1/s1. The van der Waals surface area contributed by atoms with E-state index in [-0.39, 0.29) is 11.9 Å². The normalized spacial score (nSPS) is 22.5. The van der Waals surface area contributed by atoms with E-state index in [1.807, 2.05) is 48.0 Å². The van der Waals surface area contributed by atoms with Crippen molar-refractivity contribution in [2.24, 2.45) is 5.92 Å². The van der Waals surface area contributed by atoms with Crippen molar-refractivity contribution in [3.63, 3.8) is 0 Å². The Balaban J connectivity index is 1.72. The van der Waals surface area contributed by atoms with Gasteiger partial charge < -0.3 is 9.88 Å². The molecule has 0 aliphatic heterocycles. The van der Waals surface area contributed by atoms with E-state index in [0.29, 0.717) is 12.0 Å². The molecule has 0 bridgehead atoms. The molecule has 0 unspecified atom stereocenters. The van der Waals surface area contributed by atoms with Crippen LogP contribution in [0.2, 0.25) is 0 Å². The Kier molecular flexibility index (Phi) is 4.79. The van der Waals surface area contributed by atoms with E-state index in [0.717, 1.165) is 24.2 Å². The number of carbonyl (C=O) groups is 1. The lowest BCUT2D eigenvalue weighted by molar-refractivity contribution is -0.124. The summed E-state index contributed by atoms with van der Waals surface area (Å²) in [6.45, 7) is 4.21. The van der Waals surface area contributed by atoms with Gasteiger partial charge in [0.25, 0.3) is 0 Å². The zero-order valence-electron chi connectivity index (χ0n) is 13.9. The van der Waals surface area contributed by atoms with Gasteiger partial charge in [-0.05, 0) is 25.7 Å². The van der Waals surface area contributed by atoms with Gasteiger partial charge in [-0.25, -0.2) is 4.98 Å². The molecule has 0 radical (unpaired) electrons. The highest BCUT2D eigenvalue weighted by atomic mass is 16.2. The maximum Gasteiger partial charge on any atom is 0.243 e. The smallest absolute Gasteiger partial charge is 0.243 e. The quantitative estimate of drug-likeness (QED) is 0.933. The maximum absolute atomic E-state index is 12.6. The number of nitrogens with one attached hydrogen (secondary N) is 1. The van der Waals surface area contributed by atoms with Gasteiger partial charge in [-0.2, -0.15) is 0 Å². The fraction of sp³-hybridized carbons (Fsp3) is 0.474. The van der Waals surface area contributed by atoms with Crippen LogP contribution in [0.25, 0.3) is 11.4 Å². The lowest BCUT2D eigenvalue weighted by Gasteiger charge is -2.29. The van der Waals surface area contributed by atoms with Crippen LogP contribution in [0, 0.1) is 5.92 Å². The largest absolute Gasteiger partial charge is 0.352 e. The lowest BCUT2D eigenvalue weighted by Crippen LogP contribution is -2.41. The van der Waals surface area contributed by atoms with Crippen LogP contribution in [-0.2, 0) is 4.79 Å². The Bertz CT molecular complexity index is 650. The van der Waals surface area contributed by atoms with Gasteiger partial charge in [-0.3, -0.25) is 4.79 Å². The molecule has 3 rings (SSSR count). The molecule has 0 saturated heterocycles. The zero-order valence-corrected chi connectivity index (χ0v) is 13.9. The van der Waals surface area contributed by atoms with E-state index in [2.05, 4.69) is 17.2 Å². The van der Waals surface area contributed by atoms with E-state index >= 15 is 0 Å². The second-order valence-electron chi connectivity index (χ2n) is 6.68. The monoisotopic (exact) mass is 311 g/mol. The first-order chi connectivity index (χ1) is 11.1. The fourth-order valence-electron chi connectivity index (χ4n) is 3.45. The van der Waals surface area contributed by atoms with Crippen molar-refractivity contribution in [3.8, 4) is 11.4 Å². The first kappa shape index (κ1) is 15.8. The molecule has 4 heteroatoms. The SMILES string of the molecule is C[C@@H]1CCC[C@@H](NC(=O)[C@@H](C)n2ccnc2-c2ccccc2)C1. The van der Waals surface area contributed by atoms with Crippen molar-refractivity contribution in [1.82, 2.24) is 14.9 Å². The minimum atomic E-state index is -0.259. The number of rotatable bonds is 4. The molecule has 4 nitrogen and oxygen atoms in total. The molecule has 1 saturated carbocycles. The Labute approximate surface area is 137 Å². The van der Waals surface area contributed by atoms with Gasteiger partial charge in [0.1, 0.15) is 11.9 Å². The summed E-state index contributed by atoms with van der Waals surface area (Å²) < 4.78 is 1.96. The summed E-state index contributed by atoms with van der Waals surface area (Å²) in [6, 6.07) is 10.1. The highest BCUT2D eigenvalue weighted by Crippen LogP contribution is 2.25. The van der Waals surface area contributed by atoms with Crippen molar-refractivity contribution in [3.05, 3.63) is 42.7 Å². The van der Waals surface area contributed by atoms with Gasteiger partial charge in [0.05, 0.1) is 0 Å². The third-order valence-corrected chi connectivity index (χ3v) is 4.78. The molecule has 23 heavy (non-hydrogen) atoms. The average molecular weight is 311 g/mol. The van der Waals surface area contributed by atoms with Crippen LogP contribution in [0.15, 0.2) is 42.7 Å². The molecule has 1 heterocycles. The minimum Gasteiger partial charge on any atom is -0.352 e. The number of nitrogens with zero attached hydrogens (tertiary/aromatic N) is 2. The Hall–Kier alpha value is -2.10. The third-order valence-electron chi connectivity index (χ3n) is 4.78. The molecule has 1 fully saturated rings.